The quantitative estimate of drug-likeness (QED) is 0.168. The van der Waals surface area contributed by atoms with Gasteiger partial charge in [-0.1, -0.05) is 6.07 Å². The Morgan fingerprint density at radius 1 is 1.14 bits per heavy atom. The van der Waals surface area contributed by atoms with E-state index in [0.29, 0.717) is 16.9 Å². The van der Waals surface area contributed by atoms with Crippen LogP contribution in [0.15, 0.2) is 63.4 Å². The van der Waals surface area contributed by atoms with Crippen molar-refractivity contribution in [1.82, 2.24) is 19.9 Å². The number of benzene rings is 1. The molecule has 0 atom stereocenters. The zero-order valence-corrected chi connectivity index (χ0v) is 17.6. The van der Waals surface area contributed by atoms with E-state index in [9.17, 15) is 11.9 Å². The molecule has 9 nitrogen and oxygen atoms in total. The Morgan fingerprint density at radius 2 is 1.96 bits per heavy atom. The van der Waals surface area contributed by atoms with Crippen molar-refractivity contribution in [3.63, 3.8) is 0 Å². The summed E-state index contributed by atoms with van der Waals surface area (Å²) in [6.45, 7) is 0. The topological polar surface area (TPSA) is 137 Å². The van der Waals surface area contributed by atoms with E-state index < -0.39 is 14.2 Å². The number of H-pyrrole nitrogens is 1. The van der Waals surface area contributed by atoms with Gasteiger partial charge in [0.2, 0.25) is 0 Å². The van der Waals surface area contributed by atoms with E-state index >= 15 is 0 Å². The van der Waals surface area contributed by atoms with Crippen LogP contribution >= 0.6 is 23.1 Å². The Balaban J connectivity index is 1.53. The SMILES string of the molecule is O=[As](O)(O)c1ccc(N=Nc2nc3ncnc(SCc4cccs4)c3[nH]2)cc1. The number of aromatic amines is 1. The second-order valence-electron chi connectivity index (χ2n) is 5.57. The minimum atomic E-state index is -4.90. The summed E-state index contributed by atoms with van der Waals surface area (Å²) in [4.78, 5) is 17.1. The maximum atomic E-state index is 11.3. The fourth-order valence-electron chi connectivity index (χ4n) is 2.30. The van der Waals surface area contributed by atoms with E-state index in [1.807, 2.05) is 11.4 Å². The predicted molar refractivity (Wildman–Crippen MR) is 107 cm³/mol. The molecule has 4 aromatic rings. The molecule has 0 fully saturated rings. The fourth-order valence-corrected chi connectivity index (χ4v) is 5.15. The molecule has 3 N–H and O–H groups in total. The summed E-state index contributed by atoms with van der Waals surface area (Å²) in [5.74, 6) is 1.07. The molecule has 0 radical (unpaired) electrons. The molecule has 0 bridgehead atoms. The first-order valence-corrected chi connectivity index (χ1v) is 13.2. The summed E-state index contributed by atoms with van der Waals surface area (Å²) in [6.07, 6.45) is 1.46. The van der Waals surface area contributed by atoms with E-state index in [1.54, 1.807) is 23.1 Å². The number of nitrogens with one attached hydrogen (secondary N) is 1. The van der Waals surface area contributed by atoms with Gasteiger partial charge < -0.3 is 0 Å². The molecule has 3 heterocycles. The van der Waals surface area contributed by atoms with Crippen molar-refractivity contribution in [2.45, 2.75) is 10.8 Å². The third kappa shape index (κ3) is 4.40. The summed E-state index contributed by atoms with van der Waals surface area (Å²) >= 11 is -1.62. The molecule has 3 aromatic heterocycles. The molecule has 0 amide bonds. The van der Waals surface area contributed by atoms with Crippen molar-refractivity contribution in [2.24, 2.45) is 10.2 Å². The molecule has 0 unspecified atom stereocenters. The standard InChI is InChI=1S/C16H13AsN6O3S2/c24-17(25,26)10-3-5-11(6-4-10)22-23-16-20-13-14(21-16)18-9-19-15(13)28-8-12-2-1-7-27-12/h1-7,9H,8H2,(H2,24,25,26)(H,18,19,20,21). The van der Waals surface area contributed by atoms with Crippen LogP contribution in [0.5, 0.6) is 0 Å². The number of rotatable bonds is 6. The second kappa shape index (κ2) is 7.98. The third-order valence-electron chi connectivity index (χ3n) is 3.62. The zero-order chi connectivity index (χ0) is 19.6. The van der Waals surface area contributed by atoms with Crippen molar-refractivity contribution >= 4 is 64.4 Å². The molecule has 0 saturated heterocycles. The van der Waals surface area contributed by atoms with Crippen LogP contribution in [0.1, 0.15) is 4.88 Å². The Bertz CT molecular complexity index is 1170. The van der Waals surface area contributed by atoms with Gasteiger partial charge in [0.05, 0.1) is 0 Å². The van der Waals surface area contributed by atoms with Gasteiger partial charge in [-0.25, -0.2) is 0 Å². The summed E-state index contributed by atoms with van der Waals surface area (Å²) in [5, 5.41) is 10.9. The molecule has 0 aliphatic heterocycles. The van der Waals surface area contributed by atoms with E-state index in [2.05, 4.69) is 36.2 Å². The number of azo groups is 1. The molecule has 142 valence electrons. The van der Waals surface area contributed by atoms with Gasteiger partial charge in [0.1, 0.15) is 0 Å². The van der Waals surface area contributed by atoms with Crippen LogP contribution in [0, 0.1) is 0 Å². The van der Waals surface area contributed by atoms with Crippen molar-refractivity contribution < 1.29 is 11.9 Å². The normalized spacial score (nSPS) is 12.2. The van der Waals surface area contributed by atoms with Crippen molar-refractivity contribution in [2.75, 3.05) is 0 Å². The molecule has 0 spiro atoms. The average molecular weight is 476 g/mol. The molecule has 1 aromatic carbocycles. The van der Waals surface area contributed by atoms with Crippen molar-refractivity contribution in [3.8, 4) is 0 Å². The molecular weight excluding hydrogens is 463 g/mol. The van der Waals surface area contributed by atoms with E-state index in [1.165, 1.54) is 35.5 Å². The van der Waals surface area contributed by atoms with E-state index in [-0.39, 0.29) is 10.3 Å². The van der Waals surface area contributed by atoms with Gasteiger partial charge in [-0.15, -0.1) is 11.3 Å². The zero-order valence-electron chi connectivity index (χ0n) is 14.1. The van der Waals surface area contributed by atoms with Gasteiger partial charge in [0.25, 0.3) is 0 Å². The summed E-state index contributed by atoms with van der Waals surface area (Å²) < 4.78 is 29.6. The van der Waals surface area contributed by atoms with Crippen LogP contribution in [0.4, 0.5) is 11.6 Å². The van der Waals surface area contributed by atoms with Crippen LogP contribution < -0.4 is 4.35 Å². The number of thiophene rings is 1. The Morgan fingerprint density at radius 3 is 2.68 bits per heavy atom. The van der Waals surface area contributed by atoms with E-state index in [0.717, 1.165) is 10.8 Å². The fraction of sp³-hybridized carbons (Fsp3) is 0.0625. The average Bonchev–Trinajstić information content (AvgIpc) is 3.34. The maximum absolute atomic E-state index is 11.3. The van der Waals surface area contributed by atoms with Gasteiger partial charge in [0, 0.05) is 4.88 Å². The van der Waals surface area contributed by atoms with Crippen molar-refractivity contribution in [3.05, 3.63) is 53.0 Å². The number of fused-ring (bicyclic) bond motifs is 1. The Kier molecular flexibility index (Phi) is 5.42. The minimum absolute atomic E-state index is 0.0107. The van der Waals surface area contributed by atoms with Gasteiger partial charge in [-0.05, 0) is 11.4 Å². The number of imidazole rings is 1. The van der Waals surface area contributed by atoms with Crippen LogP contribution in [-0.2, 0) is 9.49 Å². The van der Waals surface area contributed by atoms with E-state index in [4.69, 9.17) is 0 Å². The number of hydrogen-bond donors (Lipinski definition) is 3. The van der Waals surface area contributed by atoms with Gasteiger partial charge >= 0.3 is 137 Å². The first-order valence-electron chi connectivity index (χ1n) is 7.93. The van der Waals surface area contributed by atoms with Crippen LogP contribution in [0.2, 0.25) is 0 Å². The molecule has 4 rings (SSSR count). The second-order valence-corrected chi connectivity index (χ2v) is 10.9. The van der Waals surface area contributed by atoms with Crippen LogP contribution in [-0.4, -0.2) is 42.3 Å². The first-order chi connectivity index (χ1) is 13.5. The monoisotopic (exact) mass is 476 g/mol. The van der Waals surface area contributed by atoms with Gasteiger partial charge in [0.15, 0.2) is 0 Å². The van der Waals surface area contributed by atoms with Crippen LogP contribution in [0.25, 0.3) is 11.2 Å². The molecule has 28 heavy (non-hydrogen) atoms. The number of hydrogen-bond acceptors (Lipinski definition) is 8. The van der Waals surface area contributed by atoms with Gasteiger partial charge in [-0.2, -0.15) is 0 Å². The summed E-state index contributed by atoms with van der Waals surface area (Å²) in [5.41, 5.74) is 1.64. The Hall–Kier alpha value is -2.30. The predicted octanol–water partition coefficient (Wildman–Crippen LogP) is 2.68. The molecule has 0 saturated carbocycles. The van der Waals surface area contributed by atoms with Crippen molar-refractivity contribution in [1.29, 1.82) is 0 Å². The third-order valence-corrected chi connectivity index (χ3v) is 7.75. The molecule has 0 aliphatic rings. The Labute approximate surface area is 170 Å². The molecule has 0 aliphatic carbocycles. The summed E-state index contributed by atoms with van der Waals surface area (Å²) in [7, 11) is 0. The molecular formula is C16H13AsN6O3S2. The number of thioether (sulfide) groups is 1. The van der Waals surface area contributed by atoms with Crippen LogP contribution in [0.3, 0.4) is 0 Å². The molecule has 12 heteroatoms. The first kappa shape index (κ1) is 19.0. The van der Waals surface area contributed by atoms with Gasteiger partial charge in [-0.3, -0.25) is 0 Å². The summed E-state index contributed by atoms with van der Waals surface area (Å²) in [6, 6.07) is 9.75. The number of aromatic nitrogens is 4. The number of nitrogens with zero attached hydrogens (tertiary/aromatic N) is 5.